The molecule has 0 bridgehead atoms. The summed E-state index contributed by atoms with van der Waals surface area (Å²) in [6.45, 7) is 0. The van der Waals surface area contributed by atoms with Gasteiger partial charge in [-0.3, -0.25) is 0 Å². The quantitative estimate of drug-likeness (QED) is 0.185. The molecule has 0 radical (unpaired) electrons. The third-order valence-corrected chi connectivity index (χ3v) is 10.5. The van der Waals surface area contributed by atoms with Gasteiger partial charge in [0.05, 0.1) is 33.4 Å². The highest BCUT2D eigenvalue weighted by molar-refractivity contribution is 6.17. The largest absolute Gasteiger partial charge is 0.309 e. The number of fused-ring (bicyclic) bond motifs is 12. The lowest BCUT2D eigenvalue weighted by Crippen LogP contribution is -1.95. The van der Waals surface area contributed by atoms with E-state index in [0.717, 1.165) is 0 Å². The zero-order valence-corrected chi connectivity index (χ0v) is 26.1. The predicted octanol–water partition coefficient (Wildman–Crippen LogP) is 12.3. The highest BCUT2D eigenvalue weighted by Crippen LogP contribution is 2.47. The van der Waals surface area contributed by atoms with E-state index in [2.05, 4.69) is 179 Å². The van der Waals surface area contributed by atoms with Crippen molar-refractivity contribution in [3.8, 4) is 44.8 Å². The Balaban J connectivity index is 1.16. The number of aromatic nitrogens is 2. The van der Waals surface area contributed by atoms with Gasteiger partial charge in [-0.2, -0.15) is 0 Å². The van der Waals surface area contributed by atoms with E-state index in [1.165, 1.54) is 99.1 Å². The molecule has 222 valence electrons. The zero-order valence-electron chi connectivity index (χ0n) is 26.1. The maximum Gasteiger partial charge on any atom is 0.0619 e. The summed E-state index contributed by atoms with van der Waals surface area (Å²) >= 11 is 0. The molecule has 0 saturated carbocycles. The van der Waals surface area contributed by atoms with Gasteiger partial charge in [-0.1, -0.05) is 127 Å². The van der Waals surface area contributed by atoms with Gasteiger partial charge in [-0.15, -0.1) is 0 Å². The Morgan fingerprint density at radius 3 is 1.65 bits per heavy atom. The first kappa shape index (κ1) is 25.8. The number of hydrogen-bond donors (Lipinski definition) is 0. The first-order chi connectivity index (χ1) is 23.8. The van der Waals surface area contributed by atoms with Crippen molar-refractivity contribution in [2.75, 3.05) is 0 Å². The van der Waals surface area contributed by atoms with E-state index in [0.29, 0.717) is 0 Å². The average molecular weight is 609 g/mol. The second-order valence-electron chi connectivity index (χ2n) is 12.9. The molecule has 1 aliphatic rings. The second kappa shape index (κ2) is 9.57. The van der Waals surface area contributed by atoms with Crippen molar-refractivity contribution in [3.05, 3.63) is 170 Å². The molecule has 3 heterocycles. The molecule has 0 fully saturated rings. The summed E-state index contributed by atoms with van der Waals surface area (Å²) < 4.78 is 4.92. The van der Waals surface area contributed by atoms with E-state index >= 15 is 0 Å². The molecule has 0 amide bonds. The van der Waals surface area contributed by atoms with Crippen LogP contribution in [-0.4, -0.2) is 9.13 Å². The van der Waals surface area contributed by atoms with Crippen LogP contribution in [0.4, 0.5) is 0 Å². The van der Waals surface area contributed by atoms with E-state index in [9.17, 15) is 0 Å². The van der Waals surface area contributed by atoms with E-state index in [1.807, 2.05) is 0 Å². The minimum absolute atomic E-state index is 1.21. The van der Waals surface area contributed by atoms with Crippen LogP contribution in [0.15, 0.2) is 170 Å². The lowest BCUT2D eigenvalue weighted by atomic mass is 9.93. The van der Waals surface area contributed by atoms with E-state index < -0.39 is 0 Å². The van der Waals surface area contributed by atoms with Crippen LogP contribution < -0.4 is 0 Å². The minimum atomic E-state index is 1.21. The van der Waals surface area contributed by atoms with Gasteiger partial charge in [0.2, 0.25) is 0 Å². The standard InChI is InChI=1S/C46H28N2/c1-2-13-32-29(11-1)12-9-22-41(32)47-42-20-7-6-17-36(42)39-27-30(23-25-44(39)47)31-24-26-45-40(28-31)38-19-10-18-37-34-15-4-3-14-33(34)35-16-5-8-21-43(35)48(45)46(37)38/h1-28H. The molecule has 2 aromatic heterocycles. The summed E-state index contributed by atoms with van der Waals surface area (Å²) in [5, 5.41) is 7.59. The van der Waals surface area contributed by atoms with Gasteiger partial charge >= 0.3 is 0 Å². The van der Waals surface area contributed by atoms with Crippen LogP contribution in [0, 0.1) is 0 Å². The maximum atomic E-state index is 2.49. The van der Waals surface area contributed by atoms with E-state index in [4.69, 9.17) is 0 Å². The molecule has 10 aromatic rings. The summed E-state index contributed by atoms with van der Waals surface area (Å²) in [4.78, 5) is 0. The molecule has 0 saturated heterocycles. The minimum Gasteiger partial charge on any atom is -0.309 e. The average Bonchev–Trinajstić information content (AvgIpc) is 3.62. The van der Waals surface area contributed by atoms with Crippen molar-refractivity contribution in [1.29, 1.82) is 0 Å². The number of para-hydroxylation sites is 3. The molecule has 11 rings (SSSR count). The van der Waals surface area contributed by atoms with Crippen LogP contribution in [0.2, 0.25) is 0 Å². The fourth-order valence-corrected chi connectivity index (χ4v) is 8.38. The molecule has 0 atom stereocenters. The predicted molar refractivity (Wildman–Crippen MR) is 202 cm³/mol. The summed E-state index contributed by atoms with van der Waals surface area (Å²) in [6.07, 6.45) is 0. The molecule has 1 aliphatic heterocycles. The Bertz CT molecular complexity index is 2950. The van der Waals surface area contributed by atoms with Gasteiger partial charge in [0.1, 0.15) is 0 Å². The first-order valence-electron chi connectivity index (χ1n) is 16.6. The monoisotopic (exact) mass is 608 g/mol. The van der Waals surface area contributed by atoms with Gasteiger partial charge in [0.25, 0.3) is 0 Å². The SMILES string of the molecule is c1ccc2c(c1)-c1ccccc1-n1c3ccc(-c4ccc5c(c4)c4ccccc4n5-c4cccc5ccccc45)cc3c3cccc-2c31. The molecule has 0 unspecified atom stereocenters. The molecule has 0 spiro atoms. The third-order valence-electron chi connectivity index (χ3n) is 10.5. The van der Waals surface area contributed by atoms with E-state index in [-0.39, 0.29) is 0 Å². The first-order valence-corrected chi connectivity index (χ1v) is 16.6. The Hall–Kier alpha value is -6.38. The fraction of sp³-hybridized carbons (Fsp3) is 0. The van der Waals surface area contributed by atoms with Gasteiger partial charge in [0.15, 0.2) is 0 Å². The molecule has 0 N–H and O–H groups in total. The Kier molecular flexibility index (Phi) is 5.14. The van der Waals surface area contributed by atoms with Crippen molar-refractivity contribution in [1.82, 2.24) is 9.13 Å². The van der Waals surface area contributed by atoms with Crippen molar-refractivity contribution >= 4 is 54.4 Å². The zero-order chi connectivity index (χ0) is 31.3. The Morgan fingerprint density at radius 1 is 0.292 bits per heavy atom. The Morgan fingerprint density at radius 2 is 0.812 bits per heavy atom. The molecule has 0 aliphatic carbocycles. The lowest BCUT2D eigenvalue weighted by molar-refractivity contribution is 1.19. The normalized spacial score (nSPS) is 12.2. The van der Waals surface area contributed by atoms with Crippen LogP contribution in [0.25, 0.3) is 99.1 Å². The van der Waals surface area contributed by atoms with Gasteiger partial charge in [-0.05, 0) is 70.1 Å². The molecule has 2 nitrogen and oxygen atoms in total. The van der Waals surface area contributed by atoms with Gasteiger partial charge in [-0.25, -0.2) is 0 Å². The third kappa shape index (κ3) is 3.41. The summed E-state index contributed by atoms with van der Waals surface area (Å²) in [6, 6.07) is 62.6. The number of nitrogens with zero attached hydrogens (tertiary/aromatic N) is 2. The van der Waals surface area contributed by atoms with Crippen molar-refractivity contribution < 1.29 is 0 Å². The summed E-state index contributed by atoms with van der Waals surface area (Å²) in [5.41, 5.74) is 14.9. The number of rotatable bonds is 2. The second-order valence-corrected chi connectivity index (χ2v) is 12.9. The van der Waals surface area contributed by atoms with Crippen LogP contribution in [0.5, 0.6) is 0 Å². The molecular weight excluding hydrogens is 581 g/mol. The Labute approximate surface area is 277 Å². The van der Waals surface area contributed by atoms with Crippen LogP contribution in [0.3, 0.4) is 0 Å². The number of benzene rings is 8. The summed E-state index contributed by atoms with van der Waals surface area (Å²) in [7, 11) is 0. The lowest BCUT2D eigenvalue weighted by Gasteiger charge is -2.13. The van der Waals surface area contributed by atoms with Crippen LogP contribution in [-0.2, 0) is 0 Å². The van der Waals surface area contributed by atoms with Crippen molar-refractivity contribution in [3.63, 3.8) is 0 Å². The smallest absolute Gasteiger partial charge is 0.0619 e. The molecule has 8 aromatic carbocycles. The maximum absolute atomic E-state index is 2.49. The molecular formula is C46H28N2. The molecule has 48 heavy (non-hydrogen) atoms. The van der Waals surface area contributed by atoms with Crippen LogP contribution in [0.1, 0.15) is 0 Å². The molecule has 2 heteroatoms. The van der Waals surface area contributed by atoms with Crippen molar-refractivity contribution in [2.45, 2.75) is 0 Å². The van der Waals surface area contributed by atoms with E-state index in [1.54, 1.807) is 0 Å². The summed E-state index contributed by atoms with van der Waals surface area (Å²) in [5.74, 6) is 0. The topological polar surface area (TPSA) is 9.86 Å². The van der Waals surface area contributed by atoms with Gasteiger partial charge in [0, 0.05) is 38.1 Å². The fourth-order valence-electron chi connectivity index (χ4n) is 8.38. The highest BCUT2D eigenvalue weighted by atomic mass is 15.0. The number of hydrogen-bond acceptors (Lipinski definition) is 0. The van der Waals surface area contributed by atoms with Gasteiger partial charge < -0.3 is 9.13 Å². The highest BCUT2D eigenvalue weighted by Gasteiger charge is 2.24. The van der Waals surface area contributed by atoms with Crippen molar-refractivity contribution in [2.24, 2.45) is 0 Å². The van der Waals surface area contributed by atoms with Crippen LogP contribution >= 0.6 is 0 Å².